The highest BCUT2D eigenvalue weighted by molar-refractivity contribution is 6.12. The number of rotatable bonds is 4. The third-order valence-corrected chi connectivity index (χ3v) is 5.59. The Labute approximate surface area is 190 Å². The minimum atomic E-state index is -0.180. The Morgan fingerprint density at radius 2 is 1.85 bits per heavy atom. The molecule has 0 radical (unpaired) electrons. The number of morpholine rings is 1. The number of hydrogen-bond acceptors (Lipinski definition) is 6. The van der Waals surface area contributed by atoms with Crippen LogP contribution in [0.3, 0.4) is 0 Å². The van der Waals surface area contributed by atoms with Gasteiger partial charge in [0.1, 0.15) is 0 Å². The number of nitrogens with one attached hydrogen (secondary N) is 2. The number of amides is 2. The van der Waals surface area contributed by atoms with E-state index in [9.17, 15) is 9.59 Å². The van der Waals surface area contributed by atoms with Crippen LogP contribution in [0.5, 0.6) is 0 Å². The molecule has 2 aromatic carbocycles. The Morgan fingerprint density at radius 3 is 2.67 bits per heavy atom. The average molecular weight is 441 g/mol. The van der Waals surface area contributed by atoms with Crippen molar-refractivity contribution in [2.45, 2.75) is 6.92 Å². The zero-order valence-electron chi connectivity index (χ0n) is 18.2. The van der Waals surface area contributed by atoms with Crippen molar-refractivity contribution in [2.75, 3.05) is 31.6 Å². The highest BCUT2D eigenvalue weighted by atomic mass is 16.5. The SMILES string of the molecule is CC(=O)Nc1cccc(-c2nc3cc(C(=O)NN4CCOCC4)ccc3c3cnccc23)c1. The molecule has 2 amide bonds. The van der Waals surface area contributed by atoms with Crippen LogP contribution < -0.4 is 10.7 Å². The van der Waals surface area contributed by atoms with Crippen molar-refractivity contribution in [1.29, 1.82) is 0 Å². The number of carbonyl (C=O) groups excluding carboxylic acids is 2. The summed E-state index contributed by atoms with van der Waals surface area (Å²) in [7, 11) is 0. The normalized spacial score (nSPS) is 14.3. The molecule has 2 N–H and O–H groups in total. The monoisotopic (exact) mass is 441 g/mol. The van der Waals surface area contributed by atoms with E-state index in [-0.39, 0.29) is 11.8 Å². The number of hydrazine groups is 1. The van der Waals surface area contributed by atoms with Crippen LogP contribution in [0, 0.1) is 0 Å². The maximum absolute atomic E-state index is 12.8. The molecule has 5 rings (SSSR count). The van der Waals surface area contributed by atoms with E-state index < -0.39 is 0 Å². The zero-order chi connectivity index (χ0) is 22.8. The zero-order valence-corrected chi connectivity index (χ0v) is 18.2. The molecule has 1 aliphatic heterocycles. The lowest BCUT2D eigenvalue weighted by atomic mass is 10.00. The molecule has 0 spiro atoms. The Kier molecular flexibility index (Phi) is 5.68. The van der Waals surface area contributed by atoms with Crippen LogP contribution in [-0.2, 0) is 9.53 Å². The predicted molar refractivity (Wildman–Crippen MR) is 127 cm³/mol. The second-order valence-corrected chi connectivity index (χ2v) is 7.92. The molecular formula is C25H23N5O3. The van der Waals surface area contributed by atoms with Gasteiger partial charge in [-0.2, -0.15) is 0 Å². The average Bonchev–Trinajstić information content (AvgIpc) is 2.83. The standard InChI is InChI=1S/C25H23N5O3/c1-16(31)27-19-4-2-3-17(13-19)24-21-7-8-26-15-22(21)20-6-5-18(14-23(20)28-24)25(32)29-30-9-11-33-12-10-30/h2-8,13-15H,9-12H2,1H3,(H,27,31)(H,29,32). The van der Waals surface area contributed by atoms with Crippen LogP contribution in [0.4, 0.5) is 5.69 Å². The number of benzene rings is 2. The number of fused-ring (bicyclic) bond motifs is 3. The fraction of sp³-hybridized carbons (Fsp3) is 0.200. The van der Waals surface area contributed by atoms with Gasteiger partial charge in [0.2, 0.25) is 5.91 Å². The molecule has 166 valence electrons. The van der Waals surface area contributed by atoms with E-state index in [4.69, 9.17) is 9.72 Å². The number of pyridine rings is 2. The molecule has 8 heteroatoms. The smallest absolute Gasteiger partial charge is 0.265 e. The van der Waals surface area contributed by atoms with E-state index in [0.29, 0.717) is 43.1 Å². The molecule has 8 nitrogen and oxygen atoms in total. The Hall–Kier alpha value is -3.88. The molecule has 0 aliphatic carbocycles. The molecule has 1 fully saturated rings. The lowest BCUT2D eigenvalue weighted by Gasteiger charge is -2.26. The van der Waals surface area contributed by atoms with E-state index in [0.717, 1.165) is 27.4 Å². The van der Waals surface area contributed by atoms with Crippen LogP contribution >= 0.6 is 0 Å². The number of nitrogens with zero attached hydrogens (tertiary/aromatic N) is 3. The first kappa shape index (κ1) is 21.0. The van der Waals surface area contributed by atoms with Crippen molar-refractivity contribution in [1.82, 2.24) is 20.4 Å². The summed E-state index contributed by atoms with van der Waals surface area (Å²) in [6.07, 6.45) is 3.55. The van der Waals surface area contributed by atoms with Crippen LogP contribution in [0.25, 0.3) is 32.9 Å². The van der Waals surface area contributed by atoms with Gasteiger partial charge in [0.25, 0.3) is 5.91 Å². The van der Waals surface area contributed by atoms with Crippen LogP contribution in [0.15, 0.2) is 60.9 Å². The summed E-state index contributed by atoms with van der Waals surface area (Å²) in [4.78, 5) is 33.6. The van der Waals surface area contributed by atoms with Crippen molar-refractivity contribution in [3.63, 3.8) is 0 Å². The van der Waals surface area contributed by atoms with E-state index in [1.54, 1.807) is 12.3 Å². The first-order valence-electron chi connectivity index (χ1n) is 10.8. The van der Waals surface area contributed by atoms with E-state index in [1.165, 1.54) is 6.92 Å². The molecule has 0 bridgehead atoms. The summed E-state index contributed by atoms with van der Waals surface area (Å²) < 4.78 is 5.34. The van der Waals surface area contributed by atoms with E-state index in [1.807, 2.05) is 53.7 Å². The predicted octanol–water partition coefficient (Wildman–Crippen LogP) is 3.39. The van der Waals surface area contributed by atoms with Crippen molar-refractivity contribution in [3.8, 4) is 11.3 Å². The summed E-state index contributed by atoms with van der Waals surface area (Å²) in [6, 6.07) is 15.0. The highest BCUT2D eigenvalue weighted by Crippen LogP contribution is 2.33. The molecule has 0 unspecified atom stereocenters. The second kappa shape index (κ2) is 8.93. The molecule has 4 aromatic rings. The van der Waals surface area contributed by atoms with Crippen molar-refractivity contribution < 1.29 is 14.3 Å². The van der Waals surface area contributed by atoms with Gasteiger partial charge < -0.3 is 10.1 Å². The molecular weight excluding hydrogens is 418 g/mol. The first-order chi connectivity index (χ1) is 16.1. The molecule has 3 heterocycles. The van der Waals surface area contributed by atoms with Gasteiger partial charge in [-0.3, -0.25) is 20.0 Å². The van der Waals surface area contributed by atoms with E-state index in [2.05, 4.69) is 15.7 Å². The quantitative estimate of drug-likeness (QED) is 0.472. The summed E-state index contributed by atoms with van der Waals surface area (Å²) >= 11 is 0. The van der Waals surface area contributed by atoms with Crippen LogP contribution in [0.2, 0.25) is 0 Å². The van der Waals surface area contributed by atoms with Gasteiger partial charge in [-0.05, 0) is 30.3 Å². The maximum Gasteiger partial charge on any atom is 0.265 e. The second-order valence-electron chi connectivity index (χ2n) is 7.92. The van der Waals surface area contributed by atoms with Gasteiger partial charge in [-0.1, -0.05) is 18.2 Å². The van der Waals surface area contributed by atoms with Crippen molar-refractivity contribution in [2.24, 2.45) is 0 Å². The highest BCUT2D eigenvalue weighted by Gasteiger charge is 2.17. The molecule has 1 saturated heterocycles. The maximum atomic E-state index is 12.8. The molecule has 0 atom stereocenters. The fourth-order valence-electron chi connectivity index (χ4n) is 4.04. The third-order valence-electron chi connectivity index (χ3n) is 5.59. The Balaban J connectivity index is 1.59. The molecule has 0 saturated carbocycles. The Bertz CT molecular complexity index is 1370. The number of ether oxygens (including phenoxy) is 1. The minimum Gasteiger partial charge on any atom is -0.379 e. The lowest BCUT2D eigenvalue weighted by molar-refractivity contribution is -0.114. The number of carbonyl (C=O) groups is 2. The Morgan fingerprint density at radius 1 is 1.00 bits per heavy atom. The molecule has 2 aromatic heterocycles. The topological polar surface area (TPSA) is 96.5 Å². The first-order valence-corrected chi connectivity index (χ1v) is 10.8. The van der Waals surface area contributed by atoms with E-state index >= 15 is 0 Å². The van der Waals surface area contributed by atoms with Gasteiger partial charge in [0, 0.05) is 65.4 Å². The summed E-state index contributed by atoms with van der Waals surface area (Å²) in [5.41, 5.74) is 6.49. The largest absolute Gasteiger partial charge is 0.379 e. The summed E-state index contributed by atoms with van der Waals surface area (Å²) in [5.74, 6) is -0.315. The fourth-order valence-corrected chi connectivity index (χ4v) is 4.04. The molecule has 33 heavy (non-hydrogen) atoms. The van der Waals surface area contributed by atoms with Gasteiger partial charge in [-0.15, -0.1) is 0 Å². The van der Waals surface area contributed by atoms with Gasteiger partial charge in [0.15, 0.2) is 0 Å². The number of hydrogen-bond donors (Lipinski definition) is 2. The van der Waals surface area contributed by atoms with Gasteiger partial charge in [0.05, 0.1) is 24.4 Å². The van der Waals surface area contributed by atoms with Crippen LogP contribution in [-0.4, -0.2) is 53.1 Å². The van der Waals surface area contributed by atoms with Gasteiger partial charge >= 0.3 is 0 Å². The molecule has 1 aliphatic rings. The summed E-state index contributed by atoms with van der Waals surface area (Å²) in [6.45, 7) is 3.98. The number of anilines is 1. The number of aromatic nitrogens is 2. The minimum absolute atomic E-state index is 0.136. The van der Waals surface area contributed by atoms with Gasteiger partial charge in [-0.25, -0.2) is 9.99 Å². The lowest BCUT2D eigenvalue weighted by Crippen LogP contribution is -2.48. The summed E-state index contributed by atoms with van der Waals surface area (Å²) in [5, 5.41) is 7.50. The van der Waals surface area contributed by atoms with Crippen LogP contribution in [0.1, 0.15) is 17.3 Å². The third kappa shape index (κ3) is 4.39. The van der Waals surface area contributed by atoms with Crippen molar-refractivity contribution >= 4 is 39.2 Å². The van der Waals surface area contributed by atoms with Crippen molar-refractivity contribution in [3.05, 3.63) is 66.5 Å².